The number of rotatable bonds is 5. The summed E-state index contributed by atoms with van der Waals surface area (Å²) in [6.07, 6.45) is 2.57. The molecule has 0 amide bonds. The molecule has 0 unspecified atom stereocenters. The molecule has 138 valence electrons. The Morgan fingerprint density at radius 3 is 2.56 bits per heavy atom. The van der Waals surface area contributed by atoms with Crippen LogP contribution in [0.4, 0.5) is 18.9 Å². The average molecular weight is 392 g/mol. The Morgan fingerprint density at radius 2 is 2.00 bits per heavy atom. The summed E-state index contributed by atoms with van der Waals surface area (Å²) >= 11 is 0. The van der Waals surface area contributed by atoms with Gasteiger partial charge in [-0.25, -0.2) is 17.7 Å². The third-order valence-electron chi connectivity index (χ3n) is 3.37. The molecule has 0 atom stereocenters. The number of allylic oxidation sites excluding steroid dienone is 1. The first kappa shape index (κ1) is 20.0. The van der Waals surface area contributed by atoms with Crippen molar-refractivity contribution in [2.75, 3.05) is 0 Å². The SMILES string of the molecule is [C-]#[N+]c1cc(F)cc(Oc2ccc(S(=O)(=O)C(F)F)c(/C=C/C)c2C#N)c1. The summed E-state index contributed by atoms with van der Waals surface area (Å²) in [4.78, 5) is 2.36. The topological polar surface area (TPSA) is 71.5 Å². The maximum Gasteiger partial charge on any atom is 0.341 e. The molecule has 2 aromatic rings. The van der Waals surface area contributed by atoms with E-state index in [4.69, 9.17) is 11.3 Å². The van der Waals surface area contributed by atoms with Gasteiger partial charge in [-0.2, -0.15) is 14.0 Å². The van der Waals surface area contributed by atoms with Gasteiger partial charge in [0.05, 0.1) is 11.5 Å². The Balaban J connectivity index is 2.67. The molecule has 0 radical (unpaired) electrons. The third kappa shape index (κ3) is 4.10. The molecule has 27 heavy (non-hydrogen) atoms. The molecular weight excluding hydrogens is 381 g/mol. The number of alkyl halides is 2. The van der Waals surface area contributed by atoms with Crippen molar-refractivity contribution in [1.82, 2.24) is 0 Å². The maximum absolute atomic E-state index is 13.5. The molecule has 0 aliphatic rings. The summed E-state index contributed by atoms with van der Waals surface area (Å²) in [6, 6.07) is 6.81. The molecule has 0 N–H and O–H groups in total. The van der Waals surface area contributed by atoms with E-state index in [1.54, 1.807) is 6.07 Å². The normalized spacial score (nSPS) is 11.4. The summed E-state index contributed by atoms with van der Waals surface area (Å²) in [5.74, 6) is -4.68. The van der Waals surface area contributed by atoms with Gasteiger partial charge in [-0.3, -0.25) is 0 Å². The molecule has 0 aliphatic heterocycles. The Hall–Kier alpha value is -3.30. The molecule has 9 heteroatoms. The van der Waals surface area contributed by atoms with E-state index >= 15 is 0 Å². The van der Waals surface area contributed by atoms with Crippen LogP contribution in [-0.4, -0.2) is 14.2 Å². The minimum absolute atomic E-state index is 0.0471. The van der Waals surface area contributed by atoms with Crippen LogP contribution in [-0.2, 0) is 9.84 Å². The Labute approximate surface area is 153 Å². The largest absolute Gasteiger partial charge is 0.457 e. The van der Waals surface area contributed by atoms with Crippen molar-refractivity contribution in [3.63, 3.8) is 0 Å². The summed E-state index contributed by atoms with van der Waals surface area (Å²) < 4.78 is 68.6. The van der Waals surface area contributed by atoms with E-state index in [1.165, 1.54) is 25.1 Å². The van der Waals surface area contributed by atoms with Crippen LogP contribution in [0.1, 0.15) is 18.1 Å². The van der Waals surface area contributed by atoms with Gasteiger partial charge in [0.15, 0.2) is 5.69 Å². The van der Waals surface area contributed by atoms with E-state index in [9.17, 15) is 26.9 Å². The monoisotopic (exact) mass is 392 g/mol. The highest BCUT2D eigenvalue weighted by Crippen LogP contribution is 2.35. The van der Waals surface area contributed by atoms with Gasteiger partial charge in [-0.1, -0.05) is 12.2 Å². The number of nitriles is 1. The molecule has 0 spiro atoms. The zero-order valence-electron chi connectivity index (χ0n) is 13.8. The lowest BCUT2D eigenvalue weighted by atomic mass is 10.1. The second kappa shape index (κ2) is 7.94. The number of sulfone groups is 1. The molecule has 0 fully saturated rings. The van der Waals surface area contributed by atoms with Crippen LogP contribution in [0, 0.1) is 23.7 Å². The van der Waals surface area contributed by atoms with Crippen LogP contribution in [0.3, 0.4) is 0 Å². The van der Waals surface area contributed by atoms with Crippen molar-refractivity contribution >= 4 is 21.6 Å². The number of ether oxygens (including phenoxy) is 1. The molecule has 0 aliphatic carbocycles. The number of hydrogen-bond donors (Lipinski definition) is 0. The average Bonchev–Trinajstić information content (AvgIpc) is 2.61. The minimum Gasteiger partial charge on any atom is -0.457 e. The molecule has 5 nitrogen and oxygen atoms in total. The number of nitrogens with zero attached hydrogens (tertiary/aromatic N) is 2. The number of halogens is 3. The van der Waals surface area contributed by atoms with E-state index in [2.05, 4.69) is 4.85 Å². The summed E-state index contributed by atoms with van der Waals surface area (Å²) in [5, 5.41) is 9.42. The maximum atomic E-state index is 13.5. The van der Waals surface area contributed by atoms with Crippen molar-refractivity contribution in [2.24, 2.45) is 0 Å². The van der Waals surface area contributed by atoms with Gasteiger partial charge in [0, 0.05) is 11.6 Å². The molecule has 0 heterocycles. The lowest BCUT2D eigenvalue weighted by molar-refractivity contribution is 0.234. The molecule has 2 aromatic carbocycles. The van der Waals surface area contributed by atoms with Crippen molar-refractivity contribution in [2.45, 2.75) is 17.6 Å². The van der Waals surface area contributed by atoms with Crippen molar-refractivity contribution in [1.29, 1.82) is 5.26 Å². The Bertz CT molecular complexity index is 1100. The zero-order chi connectivity index (χ0) is 20.2. The molecule has 2 rings (SSSR count). The second-order valence-electron chi connectivity index (χ2n) is 5.13. The van der Waals surface area contributed by atoms with Gasteiger partial charge < -0.3 is 4.74 Å². The highest BCUT2D eigenvalue weighted by Gasteiger charge is 2.30. The summed E-state index contributed by atoms with van der Waals surface area (Å²) in [7, 11) is -4.96. The molecule has 0 saturated heterocycles. The van der Waals surface area contributed by atoms with Gasteiger partial charge in [0.25, 0.3) is 0 Å². The van der Waals surface area contributed by atoms with Gasteiger partial charge in [0.2, 0.25) is 9.84 Å². The zero-order valence-corrected chi connectivity index (χ0v) is 14.6. The first-order chi connectivity index (χ1) is 12.7. The lowest BCUT2D eigenvalue weighted by Crippen LogP contribution is -2.13. The van der Waals surface area contributed by atoms with Crippen LogP contribution in [0.2, 0.25) is 0 Å². The predicted molar refractivity (Wildman–Crippen MR) is 91.8 cm³/mol. The highest BCUT2D eigenvalue weighted by molar-refractivity contribution is 7.91. The molecule has 0 saturated carbocycles. The summed E-state index contributed by atoms with van der Waals surface area (Å²) in [6.45, 7) is 8.44. The fraction of sp³-hybridized carbons (Fsp3) is 0.111. The minimum atomic E-state index is -4.96. The standard InChI is InChI=1S/C18H11F3N2O3S/c1-3-4-14-15(10-22)16(5-6-17(14)27(24,25)18(20)21)26-13-8-11(19)7-12(9-13)23-2/h3-9,18H,1H3/b4-3+. The van der Waals surface area contributed by atoms with Crippen LogP contribution in [0.25, 0.3) is 10.9 Å². The van der Waals surface area contributed by atoms with E-state index in [0.717, 1.165) is 24.3 Å². The van der Waals surface area contributed by atoms with Crippen molar-refractivity contribution < 1.29 is 26.3 Å². The highest BCUT2D eigenvalue weighted by atomic mass is 32.2. The smallest absolute Gasteiger partial charge is 0.341 e. The lowest BCUT2D eigenvalue weighted by Gasteiger charge is -2.14. The van der Waals surface area contributed by atoms with Crippen molar-refractivity contribution in [3.05, 3.63) is 64.8 Å². The first-order valence-corrected chi connectivity index (χ1v) is 8.87. The Morgan fingerprint density at radius 1 is 1.30 bits per heavy atom. The van der Waals surface area contributed by atoms with Gasteiger partial charge in [-0.05, 0) is 31.2 Å². The van der Waals surface area contributed by atoms with Crippen molar-refractivity contribution in [3.8, 4) is 17.6 Å². The second-order valence-corrected chi connectivity index (χ2v) is 7.01. The molecule has 0 aromatic heterocycles. The van der Waals surface area contributed by atoms with Gasteiger partial charge >= 0.3 is 5.76 Å². The quantitative estimate of drug-likeness (QED) is 0.666. The van der Waals surface area contributed by atoms with E-state index < -0.39 is 26.3 Å². The predicted octanol–water partition coefficient (Wildman–Crippen LogP) is 5.07. The Kier molecular flexibility index (Phi) is 5.88. The first-order valence-electron chi connectivity index (χ1n) is 7.32. The van der Waals surface area contributed by atoms with Gasteiger partial charge in [0.1, 0.15) is 28.9 Å². The van der Waals surface area contributed by atoms with Crippen LogP contribution in [0.5, 0.6) is 11.5 Å². The van der Waals surface area contributed by atoms with E-state index in [0.29, 0.717) is 0 Å². The van der Waals surface area contributed by atoms with E-state index in [-0.39, 0.29) is 28.3 Å². The summed E-state index contributed by atoms with van der Waals surface area (Å²) in [5.41, 5.74) is -0.628. The van der Waals surface area contributed by atoms with Gasteiger partial charge in [-0.15, -0.1) is 0 Å². The fourth-order valence-electron chi connectivity index (χ4n) is 2.26. The fourth-order valence-corrected chi connectivity index (χ4v) is 3.18. The van der Waals surface area contributed by atoms with Crippen LogP contribution in [0.15, 0.2) is 41.3 Å². The van der Waals surface area contributed by atoms with Crippen LogP contribution < -0.4 is 4.74 Å². The number of benzene rings is 2. The van der Waals surface area contributed by atoms with E-state index in [1.807, 2.05) is 0 Å². The third-order valence-corrected chi connectivity index (χ3v) is 4.80. The molecular formula is C18H11F3N2O3S. The van der Waals surface area contributed by atoms with Crippen LogP contribution >= 0.6 is 0 Å². The number of hydrogen-bond acceptors (Lipinski definition) is 4. The molecule has 0 bridgehead atoms.